The van der Waals surface area contributed by atoms with Crippen LogP contribution in [0, 0.1) is 0 Å². The van der Waals surface area contributed by atoms with Crippen molar-refractivity contribution >= 4 is 16.9 Å². The summed E-state index contributed by atoms with van der Waals surface area (Å²) in [7, 11) is 0. The predicted molar refractivity (Wildman–Crippen MR) is 117 cm³/mol. The molecule has 1 aromatic carbocycles. The van der Waals surface area contributed by atoms with Gasteiger partial charge in [-0.1, -0.05) is 24.3 Å². The summed E-state index contributed by atoms with van der Waals surface area (Å²) in [6.45, 7) is 7.82. The molecule has 1 N–H and O–H groups in total. The molecule has 0 spiro atoms. The highest BCUT2D eigenvalue weighted by atomic mass is 16.5. The Kier molecular flexibility index (Phi) is 5.00. The van der Waals surface area contributed by atoms with Gasteiger partial charge < -0.3 is 9.64 Å². The Hall–Kier alpha value is -2.77. The molecule has 3 aromatic rings. The van der Waals surface area contributed by atoms with Gasteiger partial charge >= 0.3 is 0 Å². The van der Waals surface area contributed by atoms with Crippen molar-refractivity contribution in [1.29, 1.82) is 0 Å². The number of para-hydroxylation sites is 1. The molecule has 2 aliphatic rings. The molecule has 7 heteroatoms. The number of hydrogen-bond acceptors (Lipinski definition) is 6. The molecule has 7 nitrogen and oxygen atoms in total. The molecular formula is C23H27N5O2. The Bertz CT molecular complexity index is 1120. The summed E-state index contributed by atoms with van der Waals surface area (Å²) >= 11 is 0. The maximum Gasteiger partial charge on any atom is 0.255 e. The quantitative estimate of drug-likeness (QED) is 0.722. The molecule has 0 bridgehead atoms. The number of nitrogens with one attached hydrogen (secondary N) is 1. The standard InChI is InChI=1S/C23H27N5O2/c1-15-11-28(12-16(2)30-15)23-25-21-14-27(10-9-19(21)22(29)26-23)13-18-8-7-17-5-3-4-6-20(17)24-18/h3-8,15-16H,9-14H2,1-2H3,(H,25,26,29). The second kappa shape index (κ2) is 7.81. The Labute approximate surface area is 175 Å². The monoisotopic (exact) mass is 405 g/mol. The zero-order valence-electron chi connectivity index (χ0n) is 17.5. The smallest absolute Gasteiger partial charge is 0.255 e. The van der Waals surface area contributed by atoms with Crippen LogP contribution >= 0.6 is 0 Å². The topological polar surface area (TPSA) is 74.4 Å². The Morgan fingerprint density at radius 2 is 1.90 bits per heavy atom. The van der Waals surface area contributed by atoms with E-state index in [9.17, 15) is 4.79 Å². The summed E-state index contributed by atoms with van der Waals surface area (Å²) < 4.78 is 5.82. The van der Waals surface area contributed by atoms with Crippen LogP contribution < -0.4 is 10.5 Å². The number of rotatable bonds is 3. The number of benzene rings is 1. The molecule has 4 heterocycles. The second-order valence-electron chi connectivity index (χ2n) is 8.43. The number of anilines is 1. The molecule has 5 rings (SSSR count). The van der Waals surface area contributed by atoms with Gasteiger partial charge in [-0.15, -0.1) is 0 Å². The van der Waals surface area contributed by atoms with Crippen molar-refractivity contribution in [2.75, 3.05) is 24.5 Å². The molecule has 2 aromatic heterocycles. The third kappa shape index (κ3) is 3.82. The highest BCUT2D eigenvalue weighted by molar-refractivity contribution is 5.78. The third-order valence-electron chi connectivity index (χ3n) is 5.90. The fraction of sp³-hybridized carbons (Fsp3) is 0.435. The lowest BCUT2D eigenvalue weighted by Crippen LogP contribution is -2.47. The number of hydrogen-bond donors (Lipinski definition) is 1. The van der Waals surface area contributed by atoms with E-state index in [1.54, 1.807) is 0 Å². The summed E-state index contributed by atoms with van der Waals surface area (Å²) in [6, 6.07) is 12.4. The number of H-pyrrole nitrogens is 1. The average Bonchev–Trinajstić information content (AvgIpc) is 2.73. The van der Waals surface area contributed by atoms with Gasteiger partial charge in [0.15, 0.2) is 0 Å². The SMILES string of the molecule is CC1CN(c2nc3c(c(=O)[nH]2)CCN(Cc2ccc4ccccc4n2)C3)CC(C)O1. The van der Waals surface area contributed by atoms with Crippen molar-refractivity contribution in [3.05, 3.63) is 63.7 Å². The first-order chi connectivity index (χ1) is 14.5. The van der Waals surface area contributed by atoms with Crippen LogP contribution in [0.15, 0.2) is 41.2 Å². The number of aromatic amines is 1. The van der Waals surface area contributed by atoms with E-state index in [1.165, 1.54) is 0 Å². The molecule has 0 radical (unpaired) electrons. The zero-order chi connectivity index (χ0) is 20.7. The lowest BCUT2D eigenvalue weighted by molar-refractivity contribution is -0.00576. The molecule has 1 fully saturated rings. The van der Waals surface area contributed by atoms with Crippen molar-refractivity contribution in [2.45, 2.75) is 45.6 Å². The second-order valence-corrected chi connectivity index (χ2v) is 8.43. The fourth-order valence-corrected chi connectivity index (χ4v) is 4.54. The van der Waals surface area contributed by atoms with Crippen LogP contribution in [0.4, 0.5) is 5.95 Å². The van der Waals surface area contributed by atoms with Crippen LogP contribution in [0.25, 0.3) is 10.9 Å². The van der Waals surface area contributed by atoms with E-state index >= 15 is 0 Å². The van der Waals surface area contributed by atoms with E-state index in [-0.39, 0.29) is 17.8 Å². The van der Waals surface area contributed by atoms with Gasteiger partial charge in [0, 0.05) is 43.7 Å². The number of fused-ring (bicyclic) bond motifs is 2. The van der Waals surface area contributed by atoms with Crippen LogP contribution in [0.5, 0.6) is 0 Å². The van der Waals surface area contributed by atoms with E-state index < -0.39 is 0 Å². The molecule has 30 heavy (non-hydrogen) atoms. The van der Waals surface area contributed by atoms with Crippen LogP contribution in [0.3, 0.4) is 0 Å². The van der Waals surface area contributed by atoms with Crippen LogP contribution in [0.1, 0.15) is 30.8 Å². The van der Waals surface area contributed by atoms with Gasteiger partial charge in [-0.3, -0.25) is 19.7 Å². The summed E-state index contributed by atoms with van der Waals surface area (Å²) in [5.41, 5.74) is 3.74. The van der Waals surface area contributed by atoms with Crippen molar-refractivity contribution in [2.24, 2.45) is 0 Å². The lowest BCUT2D eigenvalue weighted by Gasteiger charge is -2.36. The van der Waals surface area contributed by atoms with Gasteiger partial charge in [-0.2, -0.15) is 0 Å². The zero-order valence-corrected chi connectivity index (χ0v) is 17.5. The molecule has 2 unspecified atom stereocenters. The maximum absolute atomic E-state index is 12.7. The normalized spacial score (nSPS) is 22.3. The summed E-state index contributed by atoms with van der Waals surface area (Å²) in [6.07, 6.45) is 0.942. The molecule has 156 valence electrons. The lowest BCUT2D eigenvalue weighted by atomic mass is 10.1. The van der Waals surface area contributed by atoms with E-state index in [4.69, 9.17) is 14.7 Å². The van der Waals surface area contributed by atoms with Crippen LogP contribution in [-0.2, 0) is 24.2 Å². The number of ether oxygens (including phenoxy) is 1. The summed E-state index contributed by atoms with van der Waals surface area (Å²) in [4.78, 5) is 29.8. The number of nitrogens with zero attached hydrogens (tertiary/aromatic N) is 4. The van der Waals surface area contributed by atoms with E-state index in [0.717, 1.165) is 54.0 Å². The molecule has 0 amide bonds. The van der Waals surface area contributed by atoms with Gasteiger partial charge in [-0.25, -0.2) is 4.98 Å². The summed E-state index contributed by atoms with van der Waals surface area (Å²) in [5.74, 6) is 0.659. The Morgan fingerprint density at radius 3 is 2.73 bits per heavy atom. The number of pyridine rings is 1. The molecular weight excluding hydrogens is 378 g/mol. The highest BCUT2D eigenvalue weighted by Gasteiger charge is 2.27. The van der Waals surface area contributed by atoms with Crippen LogP contribution in [-0.4, -0.2) is 51.7 Å². The maximum atomic E-state index is 12.7. The van der Waals surface area contributed by atoms with Crippen molar-refractivity contribution in [1.82, 2.24) is 19.9 Å². The van der Waals surface area contributed by atoms with Gasteiger partial charge in [0.1, 0.15) is 0 Å². The minimum atomic E-state index is -0.00900. The minimum absolute atomic E-state index is 0.00900. The molecule has 0 saturated carbocycles. The first kappa shape index (κ1) is 19.2. The molecule has 2 aliphatic heterocycles. The van der Waals surface area contributed by atoms with Gasteiger partial charge in [-0.05, 0) is 32.4 Å². The van der Waals surface area contributed by atoms with Gasteiger partial charge in [0.05, 0.1) is 29.1 Å². The van der Waals surface area contributed by atoms with E-state index in [2.05, 4.69) is 46.8 Å². The summed E-state index contributed by atoms with van der Waals surface area (Å²) in [5, 5.41) is 1.15. The fourth-order valence-electron chi connectivity index (χ4n) is 4.54. The van der Waals surface area contributed by atoms with Gasteiger partial charge in [0.25, 0.3) is 5.56 Å². The van der Waals surface area contributed by atoms with Crippen molar-refractivity contribution in [3.63, 3.8) is 0 Å². The van der Waals surface area contributed by atoms with Crippen molar-refractivity contribution < 1.29 is 4.74 Å². The predicted octanol–water partition coefficient (Wildman–Crippen LogP) is 2.49. The van der Waals surface area contributed by atoms with E-state index in [0.29, 0.717) is 18.9 Å². The minimum Gasteiger partial charge on any atom is -0.372 e. The molecule has 0 aliphatic carbocycles. The highest BCUT2D eigenvalue weighted by Crippen LogP contribution is 2.21. The number of aromatic nitrogens is 3. The Balaban J connectivity index is 1.37. The van der Waals surface area contributed by atoms with Crippen LogP contribution in [0.2, 0.25) is 0 Å². The molecule has 1 saturated heterocycles. The first-order valence-corrected chi connectivity index (χ1v) is 10.6. The largest absolute Gasteiger partial charge is 0.372 e. The van der Waals surface area contributed by atoms with Gasteiger partial charge in [0.2, 0.25) is 5.95 Å². The first-order valence-electron chi connectivity index (χ1n) is 10.6. The molecule has 2 atom stereocenters. The average molecular weight is 406 g/mol. The number of morpholine rings is 1. The van der Waals surface area contributed by atoms with E-state index in [1.807, 2.05) is 18.2 Å². The third-order valence-corrected chi connectivity index (χ3v) is 5.90. The van der Waals surface area contributed by atoms with Crippen molar-refractivity contribution in [3.8, 4) is 0 Å². The Morgan fingerprint density at radius 1 is 1.10 bits per heavy atom.